The fourth-order valence-corrected chi connectivity index (χ4v) is 1.54. The third kappa shape index (κ3) is 3.31. The molecule has 0 heterocycles. The predicted octanol–water partition coefficient (Wildman–Crippen LogP) is 1.61. The summed E-state index contributed by atoms with van der Waals surface area (Å²) in [5, 5.41) is 5.65. The van der Waals surface area contributed by atoms with Crippen molar-refractivity contribution in [1.82, 2.24) is 10.6 Å². The molecule has 0 radical (unpaired) electrons. The van der Waals surface area contributed by atoms with E-state index in [9.17, 15) is 9.18 Å². The number of amides is 1. The summed E-state index contributed by atoms with van der Waals surface area (Å²) < 4.78 is 13.0. The van der Waals surface area contributed by atoms with Crippen LogP contribution in [0.15, 0.2) is 24.3 Å². The molecule has 0 aliphatic carbocycles. The number of hydrogen-bond acceptors (Lipinski definition) is 2. The van der Waals surface area contributed by atoms with E-state index in [1.807, 2.05) is 13.0 Å². The van der Waals surface area contributed by atoms with Gasteiger partial charge in [0.15, 0.2) is 0 Å². The molecule has 0 saturated carbocycles. The van der Waals surface area contributed by atoms with E-state index in [1.165, 1.54) is 12.1 Å². The zero-order valence-electron chi connectivity index (χ0n) is 9.75. The minimum atomic E-state index is -0.303. The second-order valence-corrected chi connectivity index (χ2v) is 3.78. The fourth-order valence-electron chi connectivity index (χ4n) is 1.54. The lowest BCUT2D eigenvalue weighted by atomic mass is 10.1. The van der Waals surface area contributed by atoms with Gasteiger partial charge in [0.05, 0.1) is 6.04 Å². The van der Waals surface area contributed by atoms with E-state index in [2.05, 4.69) is 10.6 Å². The summed E-state index contributed by atoms with van der Waals surface area (Å²) in [5.41, 5.74) is 0.829. The van der Waals surface area contributed by atoms with Crippen molar-refractivity contribution < 1.29 is 9.18 Å². The highest BCUT2D eigenvalue weighted by atomic mass is 19.1. The normalized spacial score (nSPS) is 14.2. The molecule has 0 aliphatic heterocycles. The Bertz CT molecular complexity index is 368. The third-order valence-corrected chi connectivity index (χ3v) is 2.49. The molecule has 1 aromatic rings. The number of hydrogen-bond donors (Lipinski definition) is 2. The molecule has 1 rings (SSSR count). The Morgan fingerprint density at radius 3 is 2.62 bits per heavy atom. The number of carbonyl (C=O) groups excluding carboxylic acids is 1. The van der Waals surface area contributed by atoms with Crippen molar-refractivity contribution in [2.75, 3.05) is 7.05 Å². The van der Waals surface area contributed by atoms with E-state index < -0.39 is 0 Å². The van der Waals surface area contributed by atoms with Crippen molar-refractivity contribution in [1.29, 1.82) is 0 Å². The maximum absolute atomic E-state index is 13.0. The highest BCUT2D eigenvalue weighted by molar-refractivity contribution is 5.80. The van der Waals surface area contributed by atoms with E-state index in [-0.39, 0.29) is 23.8 Å². The molecule has 2 atom stereocenters. The van der Waals surface area contributed by atoms with Gasteiger partial charge in [-0.15, -0.1) is 0 Å². The van der Waals surface area contributed by atoms with Gasteiger partial charge in [-0.05, 0) is 31.5 Å². The van der Waals surface area contributed by atoms with Gasteiger partial charge < -0.3 is 5.32 Å². The molecule has 0 fully saturated rings. The van der Waals surface area contributed by atoms with Crippen LogP contribution in [-0.2, 0) is 4.79 Å². The first-order valence-corrected chi connectivity index (χ1v) is 5.27. The predicted molar refractivity (Wildman–Crippen MR) is 61.5 cm³/mol. The van der Waals surface area contributed by atoms with Crippen LogP contribution in [-0.4, -0.2) is 19.0 Å². The maximum atomic E-state index is 13.0. The van der Waals surface area contributed by atoms with Crippen molar-refractivity contribution in [3.05, 3.63) is 35.6 Å². The Kier molecular flexibility index (Phi) is 4.43. The summed E-state index contributed by atoms with van der Waals surface area (Å²) in [6.45, 7) is 3.67. The van der Waals surface area contributed by atoms with Gasteiger partial charge in [0.1, 0.15) is 5.82 Å². The van der Waals surface area contributed by atoms with E-state index in [0.717, 1.165) is 5.56 Å². The molecular weight excluding hydrogens is 207 g/mol. The topological polar surface area (TPSA) is 41.1 Å². The average molecular weight is 224 g/mol. The van der Waals surface area contributed by atoms with Crippen molar-refractivity contribution in [3.63, 3.8) is 0 Å². The standard InChI is InChI=1S/C12H17FN2O/c1-8(15-9(2)12(16)14-3)10-5-4-6-11(13)7-10/h4-9,15H,1-3H3,(H,14,16). The van der Waals surface area contributed by atoms with Crippen molar-refractivity contribution in [2.24, 2.45) is 0 Å². The maximum Gasteiger partial charge on any atom is 0.236 e. The molecular formula is C12H17FN2O. The molecule has 4 heteroatoms. The summed E-state index contributed by atoms with van der Waals surface area (Å²) in [4.78, 5) is 11.3. The first-order chi connectivity index (χ1) is 7.54. The highest BCUT2D eigenvalue weighted by Gasteiger charge is 2.14. The lowest BCUT2D eigenvalue weighted by Gasteiger charge is -2.19. The Balaban J connectivity index is 2.65. The molecule has 88 valence electrons. The third-order valence-electron chi connectivity index (χ3n) is 2.49. The van der Waals surface area contributed by atoms with E-state index in [0.29, 0.717) is 0 Å². The first kappa shape index (κ1) is 12.6. The highest BCUT2D eigenvalue weighted by Crippen LogP contribution is 2.13. The van der Waals surface area contributed by atoms with Crippen molar-refractivity contribution in [3.8, 4) is 0 Å². The van der Waals surface area contributed by atoms with Crippen LogP contribution in [0.4, 0.5) is 4.39 Å². The number of halogens is 1. The van der Waals surface area contributed by atoms with Crippen LogP contribution in [0.5, 0.6) is 0 Å². The summed E-state index contributed by atoms with van der Waals surface area (Å²) >= 11 is 0. The molecule has 16 heavy (non-hydrogen) atoms. The van der Waals surface area contributed by atoms with Gasteiger partial charge in [0, 0.05) is 13.1 Å². The number of nitrogens with one attached hydrogen (secondary N) is 2. The second-order valence-electron chi connectivity index (χ2n) is 3.78. The van der Waals surface area contributed by atoms with Gasteiger partial charge >= 0.3 is 0 Å². The zero-order valence-corrected chi connectivity index (χ0v) is 9.75. The molecule has 1 aromatic carbocycles. The Labute approximate surface area is 95.0 Å². The first-order valence-electron chi connectivity index (χ1n) is 5.27. The van der Waals surface area contributed by atoms with Gasteiger partial charge in [0.25, 0.3) is 0 Å². The van der Waals surface area contributed by atoms with E-state index in [4.69, 9.17) is 0 Å². The molecule has 2 unspecified atom stereocenters. The summed E-state index contributed by atoms with van der Waals surface area (Å²) in [7, 11) is 1.59. The van der Waals surface area contributed by atoms with Gasteiger partial charge in [0.2, 0.25) is 5.91 Å². The summed E-state index contributed by atoms with van der Waals surface area (Å²) in [6, 6.07) is 5.99. The van der Waals surface area contributed by atoms with Gasteiger partial charge in [-0.25, -0.2) is 4.39 Å². The van der Waals surface area contributed by atoms with Crippen molar-refractivity contribution >= 4 is 5.91 Å². The minimum Gasteiger partial charge on any atom is -0.358 e. The molecule has 0 bridgehead atoms. The molecule has 0 aliphatic rings. The van der Waals surface area contributed by atoms with Gasteiger partial charge in [-0.1, -0.05) is 12.1 Å². The quantitative estimate of drug-likeness (QED) is 0.815. The average Bonchev–Trinajstić information content (AvgIpc) is 2.27. The van der Waals surface area contributed by atoms with Crippen LogP contribution in [0.1, 0.15) is 25.5 Å². The molecule has 0 aromatic heterocycles. The van der Waals surface area contributed by atoms with Crippen LogP contribution in [0, 0.1) is 5.82 Å². The lowest BCUT2D eigenvalue weighted by Crippen LogP contribution is -2.41. The van der Waals surface area contributed by atoms with E-state index >= 15 is 0 Å². The minimum absolute atomic E-state index is 0.0667. The smallest absolute Gasteiger partial charge is 0.236 e. The van der Waals surface area contributed by atoms with Gasteiger partial charge in [-0.2, -0.15) is 0 Å². The number of carbonyl (C=O) groups is 1. The Morgan fingerprint density at radius 2 is 2.06 bits per heavy atom. The van der Waals surface area contributed by atoms with Crippen LogP contribution in [0.25, 0.3) is 0 Å². The number of benzene rings is 1. The van der Waals surface area contributed by atoms with Crippen LogP contribution < -0.4 is 10.6 Å². The second kappa shape index (κ2) is 5.61. The Morgan fingerprint density at radius 1 is 1.38 bits per heavy atom. The summed E-state index contributed by atoms with van der Waals surface area (Å²) in [5.74, 6) is -0.345. The number of likely N-dealkylation sites (N-methyl/N-ethyl adjacent to an activating group) is 1. The van der Waals surface area contributed by atoms with Gasteiger partial charge in [-0.3, -0.25) is 10.1 Å². The summed E-state index contributed by atoms with van der Waals surface area (Å²) in [6.07, 6.45) is 0. The van der Waals surface area contributed by atoms with Crippen LogP contribution >= 0.6 is 0 Å². The van der Waals surface area contributed by atoms with Crippen LogP contribution in [0.2, 0.25) is 0 Å². The molecule has 0 saturated heterocycles. The Hall–Kier alpha value is -1.42. The lowest BCUT2D eigenvalue weighted by molar-refractivity contribution is -0.122. The SMILES string of the molecule is CNC(=O)C(C)NC(C)c1cccc(F)c1. The molecule has 1 amide bonds. The fraction of sp³-hybridized carbons (Fsp3) is 0.417. The van der Waals surface area contributed by atoms with Crippen LogP contribution in [0.3, 0.4) is 0 Å². The molecule has 0 spiro atoms. The zero-order chi connectivity index (χ0) is 12.1. The molecule has 3 nitrogen and oxygen atoms in total. The molecule has 2 N–H and O–H groups in total. The monoisotopic (exact) mass is 224 g/mol. The van der Waals surface area contributed by atoms with Crippen molar-refractivity contribution in [2.45, 2.75) is 25.9 Å². The largest absolute Gasteiger partial charge is 0.358 e. The number of rotatable bonds is 4. The van der Waals surface area contributed by atoms with E-state index in [1.54, 1.807) is 20.0 Å².